The molecule has 3 nitrogen and oxygen atoms in total. The van der Waals surface area contributed by atoms with E-state index in [1.807, 2.05) is 30.3 Å². The summed E-state index contributed by atoms with van der Waals surface area (Å²) in [7, 11) is 0. The lowest BCUT2D eigenvalue weighted by Gasteiger charge is -2.25. The number of nitrogens with zero attached hydrogens (tertiary/aromatic N) is 1. The third-order valence-electron chi connectivity index (χ3n) is 4.87. The molecule has 0 saturated heterocycles. The molecule has 4 rings (SSSR count). The van der Waals surface area contributed by atoms with Crippen molar-refractivity contribution in [3.8, 4) is 0 Å². The summed E-state index contributed by atoms with van der Waals surface area (Å²) in [5, 5.41) is 3.47. The second kappa shape index (κ2) is 5.69. The minimum atomic E-state index is -0.316. The van der Waals surface area contributed by atoms with Crippen LogP contribution in [0.1, 0.15) is 24.8 Å². The van der Waals surface area contributed by atoms with Crippen molar-refractivity contribution in [2.75, 3.05) is 10.2 Å². The maximum absolute atomic E-state index is 13.8. The van der Waals surface area contributed by atoms with Crippen LogP contribution in [0.25, 0.3) is 0 Å². The number of nitrogens with one attached hydrogen (secondary N) is 1. The summed E-state index contributed by atoms with van der Waals surface area (Å²) in [6, 6.07) is 14.7. The molecular weight excluding hydrogens is 291 g/mol. The number of amides is 1. The molecule has 2 aromatic rings. The van der Waals surface area contributed by atoms with Crippen LogP contribution in [0.15, 0.2) is 48.5 Å². The minimum Gasteiger partial charge on any atom is -0.380 e. The van der Waals surface area contributed by atoms with Gasteiger partial charge in [-0.15, -0.1) is 0 Å². The molecule has 2 atom stereocenters. The molecule has 0 bridgehead atoms. The van der Waals surface area contributed by atoms with Crippen molar-refractivity contribution in [1.82, 2.24) is 0 Å². The molecule has 2 aliphatic rings. The summed E-state index contributed by atoms with van der Waals surface area (Å²) in [5.74, 6) is -0.231. The number of carbonyl (C=O) groups excluding carboxylic acids is 1. The van der Waals surface area contributed by atoms with Gasteiger partial charge in [-0.3, -0.25) is 4.79 Å². The molecular formula is C19H19FN2O. The number of anilines is 2. The van der Waals surface area contributed by atoms with Gasteiger partial charge in [-0.2, -0.15) is 0 Å². The van der Waals surface area contributed by atoms with E-state index in [9.17, 15) is 9.18 Å². The van der Waals surface area contributed by atoms with Crippen molar-refractivity contribution in [3.05, 3.63) is 59.9 Å². The van der Waals surface area contributed by atoms with Gasteiger partial charge in [0.25, 0.3) is 0 Å². The molecule has 23 heavy (non-hydrogen) atoms. The van der Waals surface area contributed by atoms with Gasteiger partial charge in [0.2, 0.25) is 5.91 Å². The van der Waals surface area contributed by atoms with Crippen LogP contribution in [-0.2, 0) is 11.3 Å². The van der Waals surface area contributed by atoms with E-state index in [4.69, 9.17) is 0 Å². The maximum atomic E-state index is 13.8. The van der Waals surface area contributed by atoms with E-state index >= 15 is 0 Å². The van der Waals surface area contributed by atoms with Gasteiger partial charge < -0.3 is 10.2 Å². The number of rotatable bonds is 2. The lowest BCUT2D eigenvalue weighted by atomic mass is 10.0. The summed E-state index contributed by atoms with van der Waals surface area (Å²) in [4.78, 5) is 14.8. The normalized spacial score (nSPS) is 23.0. The number of hydrogen-bond donors (Lipinski definition) is 1. The molecule has 4 heteroatoms. The Kier molecular flexibility index (Phi) is 3.52. The quantitative estimate of drug-likeness (QED) is 0.911. The van der Waals surface area contributed by atoms with Crippen molar-refractivity contribution in [2.24, 2.45) is 5.92 Å². The van der Waals surface area contributed by atoms with Crippen molar-refractivity contribution in [3.63, 3.8) is 0 Å². The summed E-state index contributed by atoms with van der Waals surface area (Å²) in [6.45, 7) is 0.473. The predicted molar refractivity (Wildman–Crippen MR) is 88.8 cm³/mol. The van der Waals surface area contributed by atoms with E-state index in [0.29, 0.717) is 12.2 Å². The van der Waals surface area contributed by atoms with Crippen LogP contribution in [0.3, 0.4) is 0 Å². The molecule has 0 aromatic heterocycles. The van der Waals surface area contributed by atoms with Crippen LogP contribution in [0, 0.1) is 11.7 Å². The minimum absolute atomic E-state index is 0.0193. The van der Waals surface area contributed by atoms with E-state index in [-0.39, 0.29) is 23.7 Å². The first-order chi connectivity index (χ1) is 11.2. The van der Waals surface area contributed by atoms with Crippen molar-refractivity contribution in [2.45, 2.75) is 31.8 Å². The van der Waals surface area contributed by atoms with Gasteiger partial charge in [0.05, 0.1) is 23.8 Å². The zero-order chi connectivity index (χ0) is 15.8. The molecule has 1 fully saturated rings. The first kappa shape index (κ1) is 14.2. The molecule has 1 N–H and O–H groups in total. The highest BCUT2D eigenvalue weighted by Crippen LogP contribution is 2.39. The molecule has 1 aliphatic carbocycles. The van der Waals surface area contributed by atoms with E-state index in [1.165, 1.54) is 12.1 Å². The van der Waals surface area contributed by atoms with E-state index in [0.717, 1.165) is 30.5 Å². The smallest absolute Gasteiger partial charge is 0.232 e. The van der Waals surface area contributed by atoms with Crippen LogP contribution in [0.2, 0.25) is 0 Å². The van der Waals surface area contributed by atoms with Crippen molar-refractivity contribution < 1.29 is 9.18 Å². The molecule has 2 aromatic carbocycles. The molecule has 0 unspecified atom stereocenters. The van der Waals surface area contributed by atoms with Crippen LogP contribution < -0.4 is 10.2 Å². The Morgan fingerprint density at radius 3 is 2.78 bits per heavy atom. The fraction of sp³-hybridized carbons (Fsp3) is 0.316. The van der Waals surface area contributed by atoms with Crippen LogP contribution in [0.4, 0.5) is 15.8 Å². The SMILES string of the molecule is O=C1[C@H]2CCC[C@H]2Nc2ccc(F)cc2N1Cc1ccccc1. The highest BCUT2D eigenvalue weighted by Gasteiger charge is 2.39. The molecule has 1 saturated carbocycles. The molecule has 118 valence electrons. The fourth-order valence-corrected chi connectivity index (χ4v) is 3.73. The molecule has 0 radical (unpaired) electrons. The average molecular weight is 310 g/mol. The zero-order valence-corrected chi connectivity index (χ0v) is 12.8. The maximum Gasteiger partial charge on any atom is 0.232 e. The molecule has 1 heterocycles. The van der Waals surface area contributed by atoms with Gasteiger partial charge in [0.1, 0.15) is 5.82 Å². The van der Waals surface area contributed by atoms with E-state index < -0.39 is 0 Å². The largest absolute Gasteiger partial charge is 0.380 e. The van der Waals surface area contributed by atoms with Crippen molar-refractivity contribution in [1.29, 1.82) is 0 Å². The Morgan fingerprint density at radius 1 is 1.13 bits per heavy atom. The monoisotopic (exact) mass is 310 g/mol. The second-order valence-electron chi connectivity index (χ2n) is 6.36. The highest BCUT2D eigenvalue weighted by molar-refractivity contribution is 6.00. The topological polar surface area (TPSA) is 32.3 Å². The van der Waals surface area contributed by atoms with Gasteiger partial charge in [0, 0.05) is 6.04 Å². The Labute approximate surface area is 135 Å². The molecule has 1 aliphatic heterocycles. The number of halogens is 1. The second-order valence-corrected chi connectivity index (χ2v) is 6.36. The Bertz CT molecular complexity index is 731. The van der Waals surface area contributed by atoms with Gasteiger partial charge in [0.15, 0.2) is 0 Å². The Balaban J connectivity index is 1.77. The standard InChI is InChI=1S/C19H19FN2O/c20-14-9-10-17-18(11-14)22(12-13-5-2-1-3-6-13)19(23)15-7-4-8-16(15)21-17/h1-3,5-6,9-11,15-16,21H,4,7-8,12H2/t15-,16+/m0/s1. The van der Waals surface area contributed by atoms with Gasteiger partial charge in [-0.1, -0.05) is 36.8 Å². The van der Waals surface area contributed by atoms with E-state index in [1.54, 1.807) is 11.0 Å². The number of benzene rings is 2. The zero-order valence-electron chi connectivity index (χ0n) is 12.8. The highest BCUT2D eigenvalue weighted by atomic mass is 19.1. The third kappa shape index (κ3) is 2.58. The average Bonchev–Trinajstić information content (AvgIpc) is 2.99. The van der Waals surface area contributed by atoms with Gasteiger partial charge >= 0.3 is 0 Å². The van der Waals surface area contributed by atoms with Gasteiger partial charge in [-0.25, -0.2) is 4.39 Å². The number of carbonyl (C=O) groups is 1. The predicted octanol–water partition coefficient (Wildman–Crippen LogP) is 3.95. The number of hydrogen-bond acceptors (Lipinski definition) is 2. The first-order valence-electron chi connectivity index (χ1n) is 8.14. The summed E-state index contributed by atoms with van der Waals surface area (Å²) in [5.41, 5.74) is 2.55. The summed E-state index contributed by atoms with van der Waals surface area (Å²) in [6.07, 6.45) is 2.95. The lowest BCUT2D eigenvalue weighted by molar-refractivity contribution is -0.122. The van der Waals surface area contributed by atoms with Crippen molar-refractivity contribution >= 4 is 17.3 Å². The fourth-order valence-electron chi connectivity index (χ4n) is 3.73. The van der Waals surface area contributed by atoms with Gasteiger partial charge in [-0.05, 0) is 36.6 Å². The lowest BCUT2D eigenvalue weighted by Crippen LogP contribution is -2.38. The van der Waals surface area contributed by atoms with Crippen LogP contribution >= 0.6 is 0 Å². The third-order valence-corrected chi connectivity index (χ3v) is 4.87. The Morgan fingerprint density at radius 2 is 1.96 bits per heavy atom. The number of fused-ring (bicyclic) bond motifs is 2. The van der Waals surface area contributed by atoms with Crippen LogP contribution in [0.5, 0.6) is 0 Å². The molecule has 0 spiro atoms. The first-order valence-corrected chi connectivity index (χ1v) is 8.14. The summed E-state index contributed by atoms with van der Waals surface area (Å²) >= 11 is 0. The van der Waals surface area contributed by atoms with Crippen LogP contribution in [-0.4, -0.2) is 11.9 Å². The Hall–Kier alpha value is -2.36. The molecule has 1 amide bonds. The van der Waals surface area contributed by atoms with E-state index in [2.05, 4.69) is 5.32 Å². The summed E-state index contributed by atoms with van der Waals surface area (Å²) < 4.78 is 13.8.